The Morgan fingerprint density at radius 3 is 2.18 bits per heavy atom. The van der Waals surface area contributed by atoms with Gasteiger partial charge in [0.05, 0.1) is 6.54 Å². The monoisotopic (exact) mass is 177 g/mol. The van der Waals surface area contributed by atoms with Gasteiger partial charge in [0.15, 0.2) is 0 Å². The van der Waals surface area contributed by atoms with Crippen molar-refractivity contribution in [1.29, 1.82) is 0 Å². The second kappa shape index (κ2) is 4.48. The molecule has 6 heteroatoms. The van der Waals surface area contributed by atoms with E-state index in [-0.39, 0.29) is 6.54 Å². The van der Waals surface area contributed by atoms with Gasteiger partial charge in [0.2, 0.25) is 0 Å². The van der Waals surface area contributed by atoms with Crippen LogP contribution in [0.25, 0.3) is 0 Å². The molecule has 0 aromatic heterocycles. The van der Waals surface area contributed by atoms with Crippen molar-refractivity contribution >= 4 is 0 Å². The maximum Gasteiger partial charge on any atom is 0.319 e. The molecule has 0 bridgehead atoms. The summed E-state index contributed by atoms with van der Waals surface area (Å²) < 4.78 is 57.9. The van der Waals surface area contributed by atoms with Gasteiger partial charge in [-0.3, -0.25) is 0 Å². The molecule has 0 aliphatic carbocycles. The lowest BCUT2D eigenvalue weighted by atomic mass is 10.3. The molecule has 0 saturated carbocycles. The fourth-order valence-corrected chi connectivity index (χ4v) is 0.399. The van der Waals surface area contributed by atoms with Crippen LogP contribution >= 0.6 is 0 Å². The largest absolute Gasteiger partial charge is 0.319 e. The predicted molar refractivity (Wildman–Crippen MR) is 29.8 cm³/mol. The fourth-order valence-electron chi connectivity index (χ4n) is 0.399. The minimum Gasteiger partial charge on any atom is -0.308 e. The van der Waals surface area contributed by atoms with Crippen LogP contribution in [0.1, 0.15) is 0 Å². The van der Waals surface area contributed by atoms with Crippen LogP contribution in [-0.4, -0.2) is 32.1 Å². The lowest BCUT2D eigenvalue weighted by Gasteiger charge is -2.14. The van der Waals surface area contributed by atoms with E-state index in [0.717, 1.165) is 0 Å². The molecule has 0 atom stereocenters. The average Bonchev–Trinajstić information content (AvgIpc) is 1.88. The van der Waals surface area contributed by atoms with Gasteiger partial charge in [-0.25, -0.2) is 13.2 Å². The summed E-state index contributed by atoms with van der Waals surface area (Å²) >= 11 is 0. The Kier molecular flexibility index (Phi) is 4.32. The van der Waals surface area contributed by atoms with Crippen molar-refractivity contribution in [2.75, 3.05) is 19.8 Å². The molecule has 0 fully saturated rings. The number of hydrogen-bond donors (Lipinski definition) is 1. The molecule has 1 nitrogen and oxygen atoms in total. The van der Waals surface area contributed by atoms with Gasteiger partial charge in [0, 0.05) is 6.54 Å². The second-order valence-electron chi connectivity index (χ2n) is 1.93. The number of halogens is 5. The molecule has 1 N–H and O–H groups in total. The van der Waals surface area contributed by atoms with Crippen LogP contribution in [0.5, 0.6) is 0 Å². The van der Waals surface area contributed by atoms with E-state index >= 15 is 0 Å². The first-order valence-electron chi connectivity index (χ1n) is 2.93. The lowest BCUT2D eigenvalue weighted by Crippen LogP contribution is -2.39. The molecule has 0 saturated heterocycles. The topological polar surface area (TPSA) is 12.0 Å². The molecule has 0 rings (SSSR count). The van der Waals surface area contributed by atoms with Crippen molar-refractivity contribution in [2.45, 2.75) is 12.3 Å². The van der Waals surface area contributed by atoms with Crippen LogP contribution in [0.3, 0.4) is 0 Å². The van der Waals surface area contributed by atoms with Gasteiger partial charge in [-0.2, -0.15) is 8.78 Å². The van der Waals surface area contributed by atoms with Gasteiger partial charge in [-0.1, -0.05) is 0 Å². The zero-order chi connectivity index (χ0) is 8.91. The van der Waals surface area contributed by atoms with E-state index in [2.05, 4.69) is 0 Å². The quantitative estimate of drug-likeness (QED) is 0.495. The summed E-state index contributed by atoms with van der Waals surface area (Å²) in [5, 5.41) is 1.85. The summed E-state index contributed by atoms with van der Waals surface area (Å²) in [6, 6.07) is 0. The number of rotatable bonds is 5. The van der Waals surface area contributed by atoms with Crippen LogP contribution in [0, 0.1) is 0 Å². The molecule has 0 unspecified atom stereocenters. The first-order valence-corrected chi connectivity index (χ1v) is 2.93. The van der Waals surface area contributed by atoms with Crippen LogP contribution < -0.4 is 5.32 Å². The summed E-state index contributed by atoms with van der Waals surface area (Å²) in [6.07, 6.45) is -3.70. The number of alkyl halides is 5. The van der Waals surface area contributed by atoms with Crippen LogP contribution in [0.15, 0.2) is 0 Å². The average molecular weight is 177 g/mol. The first-order chi connectivity index (χ1) is 5.00. The van der Waals surface area contributed by atoms with E-state index in [0.29, 0.717) is 0 Å². The van der Waals surface area contributed by atoms with Gasteiger partial charge < -0.3 is 5.32 Å². The first kappa shape index (κ1) is 10.6. The third kappa shape index (κ3) is 4.13. The molecule has 68 valence electrons. The highest BCUT2D eigenvalue weighted by Crippen LogP contribution is 2.21. The summed E-state index contributed by atoms with van der Waals surface area (Å²) in [7, 11) is 0. The Morgan fingerprint density at radius 2 is 1.82 bits per heavy atom. The van der Waals surface area contributed by atoms with E-state index in [4.69, 9.17) is 0 Å². The van der Waals surface area contributed by atoms with E-state index in [1.54, 1.807) is 0 Å². The molecule has 0 aliphatic rings. The van der Waals surface area contributed by atoms with Crippen LogP contribution in [0.4, 0.5) is 22.0 Å². The van der Waals surface area contributed by atoms with Gasteiger partial charge >= 0.3 is 12.3 Å². The highest BCUT2D eigenvalue weighted by atomic mass is 19.3. The van der Waals surface area contributed by atoms with Gasteiger partial charge in [0.1, 0.15) is 6.67 Å². The number of hydrogen-bond acceptors (Lipinski definition) is 1. The molecule has 0 heterocycles. The van der Waals surface area contributed by atoms with Crippen molar-refractivity contribution in [3.05, 3.63) is 0 Å². The summed E-state index contributed by atoms with van der Waals surface area (Å²) in [4.78, 5) is 0. The Morgan fingerprint density at radius 1 is 1.27 bits per heavy atom. The third-order valence-corrected chi connectivity index (χ3v) is 0.951. The van der Waals surface area contributed by atoms with E-state index < -0.39 is 25.6 Å². The molecule has 11 heavy (non-hydrogen) atoms. The molecule has 0 aromatic carbocycles. The Labute approximate surface area is 60.6 Å². The third-order valence-electron chi connectivity index (χ3n) is 0.951. The highest BCUT2D eigenvalue weighted by Gasteiger charge is 2.39. The second-order valence-corrected chi connectivity index (χ2v) is 1.93. The van der Waals surface area contributed by atoms with Crippen LogP contribution in [-0.2, 0) is 0 Å². The molecule has 0 amide bonds. The number of nitrogens with one attached hydrogen (secondary N) is 1. The van der Waals surface area contributed by atoms with Gasteiger partial charge in [-0.05, 0) is 0 Å². The maximum atomic E-state index is 11.9. The standard InChI is InChI=1S/C5H8F5N/c6-1-2-11-3-5(9,10)4(7)8/h4,11H,1-3H2. The van der Waals surface area contributed by atoms with E-state index in [1.807, 2.05) is 5.32 Å². The smallest absolute Gasteiger partial charge is 0.308 e. The van der Waals surface area contributed by atoms with Gasteiger partial charge in [-0.15, -0.1) is 0 Å². The zero-order valence-corrected chi connectivity index (χ0v) is 5.59. The lowest BCUT2D eigenvalue weighted by molar-refractivity contribution is -0.125. The SMILES string of the molecule is FCCNCC(F)(F)C(F)F. The summed E-state index contributed by atoms with van der Waals surface area (Å²) in [5.74, 6) is -4.06. The minimum absolute atomic E-state index is 0.331. The molecule has 0 radical (unpaired) electrons. The molecular formula is C5H8F5N. The Hall–Kier alpha value is -0.390. The predicted octanol–water partition coefficient (Wildman–Crippen LogP) is 1.45. The minimum atomic E-state index is -4.06. The van der Waals surface area contributed by atoms with Crippen molar-refractivity contribution in [3.63, 3.8) is 0 Å². The van der Waals surface area contributed by atoms with Gasteiger partial charge in [0.25, 0.3) is 0 Å². The fraction of sp³-hybridized carbons (Fsp3) is 1.00. The van der Waals surface area contributed by atoms with Crippen LogP contribution in [0.2, 0.25) is 0 Å². The molecular weight excluding hydrogens is 169 g/mol. The highest BCUT2D eigenvalue weighted by molar-refractivity contribution is 4.71. The summed E-state index contributed by atoms with van der Waals surface area (Å²) in [6.45, 7) is -2.36. The maximum absolute atomic E-state index is 11.9. The Balaban J connectivity index is 3.55. The molecule has 0 aromatic rings. The van der Waals surface area contributed by atoms with E-state index in [1.165, 1.54) is 0 Å². The van der Waals surface area contributed by atoms with E-state index in [9.17, 15) is 22.0 Å². The van der Waals surface area contributed by atoms with Crippen molar-refractivity contribution in [1.82, 2.24) is 5.32 Å². The summed E-state index contributed by atoms with van der Waals surface area (Å²) in [5.41, 5.74) is 0. The Bertz CT molecular complexity index is 105. The van der Waals surface area contributed by atoms with Crippen molar-refractivity contribution in [2.24, 2.45) is 0 Å². The molecule has 0 spiro atoms. The van der Waals surface area contributed by atoms with Crippen molar-refractivity contribution in [3.8, 4) is 0 Å². The molecule has 0 aliphatic heterocycles. The zero-order valence-electron chi connectivity index (χ0n) is 5.59. The normalized spacial score (nSPS) is 12.5. The van der Waals surface area contributed by atoms with Crippen molar-refractivity contribution < 1.29 is 22.0 Å².